The van der Waals surface area contributed by atoms with Gasteiger partial charge < -0.3 is 16.0 Å². The lowest BCUT2D eigenvalue weighted by Gasteiger charge is -2.10. The van der Waals surface area contributed by atoms with Gasteiger partial charge in [-0.3, -0.25) is 14.4 Å². The summed E-state index contributed by atoms with van der Waals surface area (Å²) in [5.41, 5.74) is -0.346. The van der Waals surface area contributed by atoms with E-state index < -0.39 is 17.6 Å². The van der Waals surface area contributed by atoms with Crippen molar-refractivity contribution in [1.29, 1.82) is 0 Å². The molecule has 158 valence electrons. The molecule has 3 rings (SSSR count). The zero-order valence-corrected chi connectivity index (χ0v) is 15.9. The number of halogens is 3. The van der Waals surface area contributed by atoms with Crippen molar-refractivity contribution in [2.45, 2.75) is 19.0 Å². The minimum Gasteiger partial charge on any atom is -0.354 e. The topological polar surface area (TPSA) is 87.3 Å². The minimum atomic E-state index is -4.54. The molecule has 2 aromatic carbocycles. The van der Waals surface area contributed by atoms with Crippen LogP contribution in [0.3, 0.4) is 0 Å². The van der Waals surface area contributed by atoms with Gasteiger partial charge in [-0.25, -0.2) is 0 Å². The van der Waals surface area contributed by atoms with Gasteiger partial charge in [0.1, 0.15) is 0 Å². The lowest BCUT2D eigenvalue weighted by molar-refractivity contribution is -0.137. The van der Waals surface area contributed by atoms with Crippen molar-refractivity contribution in [3.8, 4) is 0 Å². The van der Waals surface area contributed by atoms with Gasteiger partial charge >= 0.3 is 6.18 Å². The van der Waals surface area contributed by atoms with E-state index in [1.54, 1.807) is 0 Å². The molecular formula is C21H20F3N3O3. The summed E-state index contributed by atoms with van der Waals surface area (Å²) in [5.74, 6) is -0.916. The largest absolute Gasteiger partial charge is 0.416 e. The maximum atomic E-state index is 12.8. The quantitative estimate of drug-likeness (QED) is 0.603. The van der Waals surface area contributed by atoms with Crippen molar-refractivity contribution >= 4 is 23.4 Å². The first-order chi connectivity index (χ1) is 14.2. The predicted octanol–water partition coefficient (Wildman–Crippen LogP) is 3.21. The highest BCUT2D eigenvalue weighted by atomic mass is 19.4. The minimum absolute atomic E-state index is 0.00474. The van der Waals surface area contributed by atoms with E-state index in [0.29, 0.717) is 17.8 Å². The van der Waals surface area contributed by atoms with Crippen LogP contribution < -0.4 is 16.0 Å². The normalized spacial score (nSPS) is 13.4. The number of carbonyl (C=O) groups is 3. The highest BCUT2D eigenvalue weighted by molar-refractivity contribution is 6.04. The van der Waals surface area contributed by atoms with Crippen molar-refractivity contribution in [2.75, 3.05) is 18.4 Å². The predicted molar refractivity (Wildman–Crippen MR) is 104 cm³/mol. The van der Waals surface area contributed by atoms with Crippen LogP contribution in [0.5, 0.6) is 0 Å². The van der Waals surface area contributed by atoms with Crippen molar-refractivity contribution in [2.24, 2.45) is 5.92 Å². The van der Waals surface area contributed by atoms with Crippen LogP contribution in [0.4, 0.5) is 18.9 Å². The summed E-state index contributed by atoms with van der Waals surface area (Å²) >= 11 is 0. The standard InChI is InChI=1S/C21H20F3N3O3/c22-21(23,24)16-3-1-2-15(12-16)20(30)27-17-8-6-14(7-9-17)19(29)26-11-10-25-18(28)13-4-5-13/h1-3,6-9,12-13H,4-5,10-11H2,(H,25,28)(H,26,29)(H,27,30). The molecule has 0 aliphatic heterocycles. The van der Waals surface area contributed by atoms with Crippen LogP contribution >= 0.6 is 0 Å². The fourth-order valence-corrected chi connectivity index (χ4v) is 2.70. The number of alkyl halides is 3. The number of rotatable bonds is 7. The second-order valence-electron chi connectivity index (χ2n) is 6.93. The van der Waals surface area contributed by atoms with E-state index in [2.05, 4.69) is 16.0 Å². The van der Waals surface area contributed by atoms with Crippen molar-refractivity contribution in [3.63, 3.8) is 0 Å². The molecule has 2 aromatic rings. The summed E-state index contributed by atoms with van der Waals surface area (Å²) in [6, 6.07) is 10.1. The molecule has 0 saturated heterocycles. The van der Waals surface area contributed by atoms with Gasteiger partial charge in [0.15, 0.2) is 0 Å². The second-order valence-corrected chi connectivity index (χ2v) is 6.93. The van der Waals surface area contributed by atoms with Gasteiger partial charge in [-0.2, -0.15) is 13.2 Å². The number of hydrogen-bond donors (Lipinski definition) is 3. The number of hydrogen-bond acceptors (Lipinski definition) is 3. The van der Waals surface area contributed by atoms with Gasteiger partial charge in [-0.05, 0) is 55.3 Å². The fraction of sp³-hybridized carbons (Fsp3) is 0.286. The third-order valence-corrected chi connectivity index (χ3v) is 4.51. The number of anilines is 1. The molecule has 1 aliphatic rings. The second kappa shape index (κ2) is 8.98. The van der Waals surface area contributed by atoms with Crippen molar-refractivity contribution in [1.82, 2.24) is 10.6 Å². The van der Waals surface area contributed by atoms with E-state index in [0.717, 1.165) is 31.0 Å². The molecule has 30 heavy (non-hydrogen) atoms. The Balaban J connectivity index is 1.50. The Morgan fingerprint density at radius 3 is 2.17 bits per heavy atom. The molecule has 0 spiro atoms. The molecule has 9 heteroatoms. The molecule has 0 heterocycles. The zero-order chi connectivity index (χ0) is 21.7. The fourth-order valence-electron chi connectivity index (χ4n) is 2.70. The summed E-state index contributed by atoms with van der Waals surface area (Å²) in [4.78, 5) is 35.8. The van der Waals surface area contributed by atoms with Crippen LogP contribution in [-0.4, -0.2) is 30.8 Å². The van der Waals surface area contributed by atoms with Gasteiger partial charge in [0.05, 0.1) is 5.56 Å². The number of carbonyl (C=O) groups excluding carboxylic acids is 3. The Bertz CT molecular complexity index is 939. The van der Waals surface area contributed by atoms with Gasteiger partial charge in [-0.15, -0.1) is 0 Å². The highest BCUT2D eigenvalue weighted by Gasteiger charge is 2.31. The first-order valence-electron chi connectivity index (χ1n) is 9.38. The number of amides is 3. The highest BCUT2D eigenvalue weighted by Crippen LogP contribution is 2.30. The SMILES string of the molecule is O=C(NCCNC(=O)C1CC1)c1ccc(NC(=O)c2cccc(C(F)(F)F)c2)cc1. The third kappa shape index (κ3) is 5.82. The molecule has 0 unspecified atom stereocenters. The molecule has 0 bridgehead atoms. The maximum absolute atomic E-state index is 12.8. The molecular weight excluding hydrogens is 399 g/mol. The Kier molecular flexibility index (Phi) is 6.39. The van der Waals surface area contributed by atoms with Crippen LogP contribution in [0.1, 0.15) is 39.1 Å². The van der Waals surface area contributed by atoms with Crippen LogP contribution in [0.15, 0.2) is 48.5 Å². The molecule has 1 saturated carbocycles. The van der Waals surface area contributed by atoms with E-state index in [4.69, 9.17) is 0 Å². The molecule has 0 radical (unpaired) electrons. The molecule has 3 amide bonds. The monoisotopic (exact) mass is 419 g/mol. The average Bonchev–Trinajstić information content (AvgIpc) is 3.56. The number of benzene rings is 2. The molecule has 0 atom stereocenters. The lowest BCUT2D eigenvalue weighted by atomic mass is 10.1. The van der Waals surface area contributed by atoms with Gasteiger partial charge in [-0.1, -0.05) is 6.07 Å². The number of nitrogens with one attached hydrogen (secondary N) is 3. The molecule has 3 N–H and O–H groups in total. The summed E-state index contributed by atoms with van der Waals surface area (Å²) < 4.78 is 38.3. The third-order valence-electron chi connectivity index (χ3n) is 4.51. The first-order valence-corrected chi connectivity index (χ1v) is 9.38. The molecule has 1 aliphatic carbocycles. The van der Waals surface area contributed by atoms with Crippen LogP contribution in [0.2, 0.25) is 0 Å². The first kappa shape index (κ1) is 21.4. The summed E-state index contributed by atoms with van der Waals surface area (Å²) in [5, 5.41) is 7.91. The van der Waals surface area contributed by atoms with Crippen LogP contribution in [-0.2, 0) is 11.0 Å². The molecule has 1 fully saturated rings. The van der Waals surface area contributed by atoms with Gasteiger partial charge in [0.25, 0.3) is 11.8 Å². The zero-order valence-electron chi connectivity index (χ0n) is 15.9. The summed E-state index contributed by atoms with van der Waals surface area (Å²) in [6.07, 6.45) is -2.71. The molecule has 6 nitrogen and oxygen atoms in total. The Hall–Kier alpha value is -3.36. The van der Waals surface area contributed by atoms with E-state index in [1.165, 1.54) is 30.3 Å². The van der Waals surface area contributed by atoms with E-state index in [-0.39, 0.29) is 29.8 Å². The maximum Gasteiger partial charge on any atom is 0.416 e. The van der Waals surface area contributed by atoms with E-state index in [1.807, 2.05) is 0 Å². The van der Waals surface area contributed by atoms with Crippen LogP contribution in [0.25, 0.3) is 0 Å². The molecule has 0 aromatic heterocycles. The Labute approximate surface area is 170 Å². The van der Waals surface area contributed by atoms with E-state index in [9.17, 15) is 27.6 Å². The van der Waals surface area contributed by atoms with Crippen molar-refractivity contribution < 1.29 is 27.6 Å². The Morgan fingerprint density at radius 1 is 0.867 bits per heavy atom. The van der Waals surface area contributed by atoms with Gasteiger partial charge in [0.2, 0.25) is 5.91 Å². The lowest BCUT2D eigenvalue weighted by Crippen LogP contribution is -2.35. The van der Waals surface area contributed by atoms with E-state index >= 15 is 0 Å². The van der Waals surface area contributed by atoms with Crippen molar-refractivity contribution in [3.05, 3.63) is 65.2 Å². The van der Waals surface area contributed by atoms with Gasteiger partial charge in [0, 0.05) is 35.8 Å². The summed E-state index contributed by atoms with van der Waals surface area (Å²) in [6.45, 7) is 0.623. The van der Waals surface area contributed by atoms with Crippen LogP contribution in [0, 0.1) is 5.92 Å². The smallest absolute Gasteiger partial charge is 0.354 e. The Morgan fingerprint density at radius 2 is 1.53 bits per heavy atom. The average molecular weight is 419 g/mol. The summed E-state index contributed by atoms with van der Waals surface area (Å²) in [7, 11) is 0.